The molecule has 1 aromatic carbocycles. The van der Waals surface area contributed by atoms with E-state index in [-0.39, 0.29) is 41.2 Å². The first-order chi connectivity index (χ1) is 14.8. The van der Waals surface area contributed by atoms with Gasteiger partial charge in [0.15, 0.2) is 23.2 Å². The maximum Gasteiger partial charge on any atom is 0.167 e. The van der Waals surface area contributed by atoms with Gasteiger partial charge >= 0.3 is 0 Å². The van der Waals surface area contributed by atoms with Crippen LogP contribution in [0.2, 0.25) is 0 Å². The van der Waals surface area contributed by atoms with Gasteiger partial charge in [-0.3, -0.25) is 4.57 Å². The van der Waals surface area contributed by atoms with Crippen LogP contribution in [-0.4, -0.2) is 59.8 Å². The molecule has 4 atom stereocenters. The van der Waals surface area contributed by atoms with Crippen LogP contribution in [0.15, 0.2) is 42.9 Å². The highest BCUT2D eigenvalue weighted by atomic mass is 16.6. The Morgan fingerprint density at radius 2 is 1.96 bits per heavy atom. The van der Waals surface area contributed by atoms with Gasteiger partial charge in [0.05, 0.1) is 19.8 Å². The molecular formula is C17H19N5O4. The molecule has 4 N–H and O–H groups in total. The van der Waals surface area contributed by atoms with E-state index in [1.165, 1.54) is 17.2 Å². The van der Waals surface area contributed by atoms with Crippen LogP contribution < -0.4 is 5.32 Å². The Kier molecular flexibility index (Phi) is 3.19. The van der Waals surface area contributed by atoms with Crippen molar-refractivity contribution in [3.8, 4) is 0 Å². The SMILES string of the molecule is [2H]c1c([2H])c([2H])c(CNc2ncnc3c2ncn3[C@@H]2O[C@H](CO)[C@@H](O)[C@H]2O)c([2H])c1[2H]. The normalized spacial score (nSPS) is 28.3. The molecule has 26 heavy (non-hydrogen) atoms. The van der Waals surface area contributed by atoms with E-state index in [0.717, 1.165) is 0 Å². The van der Waals surface area contributed by atoms with Crippen molar-refractivity contribution in [1.82, 2.24) is 19.5 Å². The lowest BCUT2D eigenvalue weighted by Gasteiger charge is -2.16. The fourth-order valence-electron chi connectivity index (χ4n) is 2.81. The van der Waals surface area contributed by atoms with Gasteiger partial charge in [-0.1, -0.05) is 30.2 Å². The number of aromatic nitrogens is 4. The second kappa shape index (κ2) is 6.96. The molecule has 0 aliphatic carbocycles. The highest BCUT2D eigenvalue weighted by molar-refractivity contribution is 5.82. The molecule has 9 nitrogen and oxygen atoms in total. The minimum absolute atomic E-state index is 0.0700. The average Bonchev–Trinajstić information content (AvgIpc) is 3.32. The van der Waals surface area contributed by atoms with Crippen molar-refractivity contribution in [2.24, 2.45) is 0 Å². The third kappa shape index (κ3) is 2.90. The molecule has 0 spiro atoms. The first-order valence-electron chi connectivity index (χ1n) is 10.4. The van der Waals surface area contributed by atoms with Gasteiger partial charge in [0, 0.05) is 6.54 Å². The largest absolute Gasteiger partial charge is 0.394 e. The third-order valence-corrected chi connectivity index (χ3v) is 4.13. The van der Waals surface area contributed by atoms with E-state index < -0.39 is 49.3 Å². The number of anilines is 1. The van der Waals surface area contributed by atoms with E-state index in [1.807, 2.05) is 0 Å². The Labute approximate surface area is 156 Å². The van der Waals surface area contributed by atoms with E-state index in [0.29, 0.717) is 0 Å². The predicted molar refractivity (Wildman–Crippen MR) is 92.1 cm³/mol. The van der Waals surface area contributed by atoms with Gasteiger partial charge in [-0.25, -0.2) is 15.0 Å². The zero-order valence-corrected chi connectivity index (χ0v) is 13.4. The quantitative estimate of drug-likeness (QED) is 0.502. The number of hydrogen-bond donors (Lipinski definition) is 4. The summed E-state index contributed by atoms with van der Waals surface area (Å²) >= 11 is 0. The maximum absolute atomic E-state index is 10.3. The number of nitrogens with one attached hydrogen (secondary N) is 1. The minimum atomic E-state index is -1.31. The van der Waals surface area contributed by atoms with Crippen molar-refractivity contribution >= 4 is 17.0 Å². The summed E-state index contributed by atoms with van der Waals surface area (Å²) in [6, 6.07) is -1.97. The molecular weight excluding hydrogens is 338 g/mol. The monoisotopic (exact) mass is 362 g/mol. The van der Waals surface area contributed by atoms with E-state index in [9.17, 15) is 15.3 Å². The van der Waals surface area contributed by atoms with E-state index >= 15 is 0 Å². The molecule has 1 saturated heterocycles. The summed E-state index contributed by atoms with van der Waals surface area (Å²) in [5.74, 6) is 0.238. The van der Waals surface area contributed by atoms with E-state index in [4.69, 9.17) is 11.6 Å². The van der Waals surface area contributed by atoms with Crippen LogP contribution >= 0.6 is 0 Å². The molecule has 1 aliphatic rings. The van der Waals surface area contributed by atoms with E-state index in [1.54, 1.807) is 0 Å². The Morgan fingerprint density at radius 1 is 1.15 bits per heavy atom. The van der Waals surface area contributed by atoms with Gasteiger partial charge in [-0.2, -0.15) is 0 Å². The number of fused-ring (bicyclic) bond motifs is 1. The Bertz CT molecular complexity index is 1120. The number of hydrogen-bond acceptors (Lipinski definition) is 8. The summed E-state index contributed by atoms with van der Waals surface area (Å²) in [7, 11) is 0. The van der Waals surface area contributed by atoms with Crippen LogP contribution in [0.25, 0.3) is 11.2 Å². The Morgan fingerprint density at radius 3 is 2.69 bits per heavy atom. The van der Waals surface area contributed by atoms with Crippen LogP contribution in [0, 0.1) is 0 Å². The first kappa shape index (κ1) is 11.9. The standard InChI is InChI=1S/C17H19N5O4/c23-7-11-13(24)14(25)17(26-11)22-9-21-12-15(19-8-20-16(12)22)18-6-10-4-2-1-3-5-10/h1-5,8-9,11,13-14,17,23-25H,6-7H2,(H,18,19,20)/t11-,13-,14-,17-/m1/s1/i1D,2D,3D,4D,5D. The van der Waals surface area contributed by atoms with Gasteiger partial charge in [0.2, 0.25) is 0 Å². The molecule has 3 aromatic rings. The number of imidazole rings is 1. The summed E-state index contributed by atoms with van der Waals surface area (Å²) in [5.41, 5.74) is 0.627. The second-order valence-corrected chi connectivity index (χ2v) is 5.73. The Balaban J connectivity index is 1.65. The number of ether oxygens (including phenoxy) is 1. The number of benzene rings is 1. The number of nitrogens with zero attached hydrogens (tertiary/aromatic N) is 4. The molecule has 0 bridgehead atoms. The van der Waals surface area contributed by atoms with Gasteiger partial charge in [0.25, 0.3) is 0 Å². The number of aliphatic hydroxyl groups is 3. The van der Waals surface area contributed by atoms with Crippen molar-refractivity contribution in [3.63, 3.8) is 0 Å². The highest BCUT2D eigenvalue weighted by Gasteiger charge is 2.44. The summed E-state index contributed by atoms with van der Waals surface area (Å²) in [4.78, 5) is 12.5. The second-order valence-electron chi connectivity index (χ2n) is 5.73. The molecule has 1 fully saturated rings. The fraction of sp³-hybridized carbons (Fsp3) is 0.353. The summed E-state index contributed by atoms with van der Waals surface area (Å²) in [6.07, 6.45) is -2.01. The van der Waals surface area contributed by atoms with Crippen LogP contribution in [0.4, 0.5) is 5.82 Å². The lowest BCUT2D eigenvalue weighted by atomic mass is 10.1. The zero-order valence-electron chi connectivity index (χ0n) is 18.4. The van der Waals surface area contributed by atoms with Crippen LogP contribution in [-0.2, 0) is 11.3 Å². The summed E-state index contributed by atoms with van der Waals surface area (Å²) in [5, 5.41) is 32.4. The molecule has 0 saturated carbocycles. The minimum Gasteiger partial charge on any atom is -0.394 e. The first-order valence-corrected chi connectivity index (χ1v) is 7.85. The average molecular weight is 362 g/mol. The third-order valence-electron chi connectivity index (χ3n) is 4.13. The molecule has 4 rings (SSSR count). The van der Waals surface area contributed by atoms with Crippen molar-refractivity contribution in [3.05, 3.63) is 48.4 Å². The van der Waals surface area contributed by atoms with Crippen molar-refractivity contribution < 1.29 is 26.9 Å². The molecule has 3 heterocycles. The van der Waals surface area contributed by atoms with Crippen molar-refractivity contribution in [1.29, 1.82) is 0 Å². The number of aliphatic hydroxyl groups excluding tert-OH is 3. The fourth-order valence-corrected chi connectivity index (χ4v) is 2.81. The molecule has 0 amide bonds. The topological polar surface area (TPSA) is 126 Å². The Hall–Kier alpha value is -2.59. The van der Waals surface area contributed by atoms with Gasteiger partial charge in [0.1, 0.15) is 24.6 Å². The molecule has 0 unspecified atom stereocenters. The predicted octanol–water partition coefficient (Wildman–Crippen LogP) is 0.0499. The van der Waals surface area contributed by atoms with E-state index in [2.05, 4.69) is 20.3 Å². The van der Waals surface area contributed by atoms with Crippen molar-refractivity contribution in [2.45, 2.75) is 31.1 Å². The van der Waals surface area contributed by atoms with Gasteiger partial charge in [-0.15, -0.1) is 0 Å². The van der Waals surface area contributed by atoms with Crippen LogP contribution in [0.1, 0.15) is 18.6 Å². The molecule has 9 heteroatoms. The summed E-state index contributed by atoms with van der Waals surface area (Å²) in [6.45, 7) is -0.580. The van der Waals surface area contributed by atoms with Crippen LogP contribution in [0.5, 0.6) is 0 Å². The summed E-state index contributed by atoms with van der Waals surface area (Å²) < 4.78 is 46.1. The maximum atomic E-state index is 10.3. The van der Waals surface area contributed by atoms with Gasteiger partial charge < -0.3 is 25.4 Å². The van der Waals surface area contributed by atoms with Crippen molar-refractivity contribution in [2.75, 3.05) is 11.9 Å². The highest BCUT2D eigenvalue weighted by Crippen LogP contribution is 2.32. The van der Waals surface area contributed by atoms with Crippen LogP contribution in [0.3, 0.4) is 0 Å². The smallest absolute Gasteiger partial charge is 0.167 e. The number of rotatable bonds is 5. The zero-order chi connectivity index (χ0) is 22.4. The molecule has 0 radical (unpaired) electrons. The molecule has 136 valence electrons. The lowest BCUT2D eigenvalue weighted by Crippen LogP contribution is -2.33. The molecule has 2 aromatic heterocycles. The molecule has 1 aliphatic heterocycles. The van der Waals surface area contributed by atoms with Gasteiger partial charge in [-0.05, 0) is 5.56 Å². The lowest BCUT2D eigenvalue weighted by molar-refractivity contribution is -0.0511.